The van der Waals surface area contributed by atoms with Crippen LogP contribution in [0.4, 0.5) is 0 Å². The highest BCUT2D eigenvalue weighted by Crippen LogP contribution is 2.65. The molecule has 0 unspecified atom stereocenters. The summed E-state index contributed by atoms with van der Waals surface area (Å²) in [5, 5.41) is 5.82. The van der Waals surface area contributed by atoms with Gasteiger partial charge in [0.1, 0.15) is 6.04 Å². The van der Waals surface area contributed by atoms with Gasteiger partial charge in [-0.1, -0.05) is 73.1 Å². The average molecular weight is 534 g/mol. The Morgan fingerprint density at radius 3 is 2.26 bits per heavy atom. The van der Waals surface area contributed by atoms with Gasteiger partial charge >= 0.3 is 7.12 Å². The summed E-state index contributed by atoms with van der Waals surface area (Å²) in [6.45, 7) is 13.2. The molecule has 2 bridgehead atoms. The van der Waals surface area contributed by atoms with E-state index in [0.29, 0.717) is 24.7 Å². The normalized spacial score (nSPS) is 28.8. The van der Waals surface area contributed by atoms with E-state index >= 15 is 0 Å². The van der Waals surface area contributed by atoms with E-state index in [1.807, 2.05) is 0 Å². The van der Waals surface area contributed by atoms with Gasteiger partial charge in [-0.05, 0) is 55.8 Å². The molecule has 216 valence electrons. The van der Waals surface area contributed by atoms with E-state index in [0.717, 1.165) is 32.1 Å². The van der Waals surface area contributed by atoms with Crippen LogP contribution >= 0.6 is 0 Å². The molecule has 0 spiro atoms. The van der Waals surface area contributed by atoms with Crippen molar-refractivity contribution in [1.82, 2.24) is 10.6 Å². The van der Waals surface area contributed by atoms with E-state index < -0.39 is 25.0 Å². The van der Waals surface area contributed by atoms with Gasteiger partial charge in [0.05, 0.1) is 24.1 Å². The summed E-state index contributed by atoms with van der Waals surface area (Å²) < 4.78 is 13.1. The average Bonchev–Trinajstić information content (AvgIpc) is 3.19. The molecule has 4 rings (SSSR count). The SMILES string of the molecule is CCCCCCCCCC(=O)N[C@@H](CC(N)=O)C(=O)N[C@@H](CC(C)C)B1O[C@@H]2C[C@@H]3C[C@@H](C3(C)C)[C@]2(C)O1. The van der Waals surface area contributed by atoms with Gasteiger partial charge in [0, 0.05) is 6.42 Å². The monoisotopic (exact) mass is 533 g/mol. The maximum Gasteiger partial charge on any atom is 0.481 e. The summed E-state index contributed by atoms with van der Waals surface area (Å²) in [5.74, 6) is -0.315. The van der Waals surface area contributed by atoms with Gasteiger partial charge in [0.25, 0.3) is 0 Å². The third-order valence-electron chi connectivity index (χ3n) is 9.41. The van der Waals surface area contributed by atoms with Gasteiger partial charge in [-0.15, -0.1) is 0 Å². The summed E-state index contributed by atoms with van der Waals surface area (Å²) in [4.78, 5) is 37.7. The van der Waals surface area contributed by atoms with Gasteiger partial charge < -0.3 is 25.7 Å². The summed E-state index contributed by atoms with van der Waals surface area (Å²) in [7, 11) is -0.566. The van der Waals surface area contributed by atoms with Crippen LogP contribution in [0.15, 0.2) is 0 Å². The van der Waals surface area contributed by atoms with Crippen LogP contribution in [0.3, 0.4) is 0 Å². The quantitative estimate of drug-likeness (QED) is 0.202. The molecule has 3 amide bonds. The summed E-state index contributed by atoms with van der Waals surface area (Å²) in [6, 6.07) is -1.01. The van der Waals surface area contributed by atoms with Crippen LogP contribution in [0.2, 0.25) is 0 Å². The molecule has 38 heavy (non-hydrogen) atoms. The fourth-order valence-corrected chi connectivity index (χ4v) is 7.02. The lowest BCUT2D eigenvalue weighted by Gasteiger charge is -2.64. The van der Waals surface area contributed by atoms with E-state index in [4.69, 9.17) is 15.0 Å². The molecule has 0 aromatic rings. The number of rotatable bonds is 16. The number of hydrogen-bond acceptors (Lipinski definition) is 5. The molecule has 4 aliphatic rings. The molecule has 0 aromatic carbocycles. The molecular weight excluding hydrogens is 481 g/mol. The lowest BCUT2D eigenvalue weighted by molar-refractivity contribution is -0.199. The van der Waals surface area contributed by atoms with Crippen LogP contribution in [0.5, 0.6) is 0 Å². The number of nitrogens with one attached hydrogen (secondary N) is 2. The van der Waals surface area contributed by atoms with Crippen molar-refractivity contribution in [2.24, 2.45) is 28.9 Å². The highest BCUT2D eigenvalue weighted by Gasteiger charge is 2.68. The Kier molecular flexibility index (Phi) is 10.7. The smallest absolute Gasteiger partial charge is 0.404 e. The number of nitrogens with two attached hydrogens (primary N) is 1. The Morgan fingerprint density at radius 1 is 1.00 bits per heavy atom. The first-order chi connectivity index (χ1) is 17.9. The standard InChI is InChI=1S/C29H52BN3O5/c1-7-8-9-10-11-12-13-14-26(35)32-21(18-25(31)34)27(36)33-24(15-19(2)3)30-37-23-17-20-16-22(28(20,4)5)29(23,6)38-30/h19-24H,7-18H2,1-6H3,(H2,31,34)(H,32,35)(H,33,36)/t20-,21-,22-,23+,24-,29-/m0/s1. The predicted octanol–water partition coefficient (Wildman–Crippen LogP) is 4.29. The Labute approximate surface area is 230 Å². The third kappa shape index (κ3) is 7.32. The molecule has 4 N–H and O–H groups in total. The van der Waals surface area contributed by atoms with Crippen molar-refractivity contribution in [2.75, 3.05) is 0 Å². The molecule has 4 fully saturated rings. The first kappa shape index (κ1) is 30.9. The molecule has 1 aliphatic heterocycles. The van der Waals surface area contributed by atoms with Crippen LogP contribution in [0, 0.1) is 23.2 Å². The maximum atomic E-state index is 13.4. The molecule has 6 atom stereocenters. The van der Waals surface area contributed by atoms with Crippen molar-refractivity contribution in [2.45, 2.75) is 142 Å². The second-order valence-electron chi connectivity index (χ2n) is 13.2. The van der Waals surface area contributed by atoms with Gasteiger partial charge in [-0.3, -0.25) is 14.4 Å². The van der Waals surface area contributed by atoms with Crippen molar-refractivity contribution in [3.05, 3.63) is 0 Å². The van der Waals surface area contributed by atoms with Gasteiger partial charge in [-0.25, -0.2) is 0 Å². The minimum Gasteiger partial charge on any atom is -0.404 e. The van der Waals surface area contributed by atoms with Gasteiger partial charge in [0.2, 0.25) is 17.7 Å². The highest BCUT2D eigenvalue weighted by atomic mass is 16.7. The van der Waals surface area contributed by atoms with Crippen molar-refractivity contribution >= 4 is 24.8 Å². The number of carbonyl (C=O) groups is 3. The van der Waals surface area contributed by atoms with E-state index in [2.05, 4.69) is 52.2 Å². The van der Waals surface area contributed by atoms with Crippen LogP contribution in [-0.2, 0) is 23.7 Å². The molecule has 8 nitrogen and oxygen atoms in total. The van der Waals surface area contributed by atoms with E-state index in [-0.39, 0.29) is 41.3 Å². The van der Waals surface area contributed by atoms with Crippen LogP contribution in [0.25, 0.3) is 0 Å². The van der Waals surface area contributed by atoms with E-state index in [9.17, 15) is 14.4 Å². The van der Waals surface area contributed by atoms with Crippen LogP contribution in [-0.4, -0.2) is 48.5 Å². The minimum atomic E-state index is -1.01. The molecule has 0 aromatic heterocycles. The zero-order chi connectivity index (χ0) is 28.1. The number of hydrogen-bond donors (Lipinski definition) is 3. The second-order valence-corrected chi connectivity index (χ2v) is 13.2. The summed E-state index contributed by atoms with van der Waals surface area (Å²) in [6.07, 6.45) is 10.6. The number of amides is 3. The Bertz CT molecular complexity index is 837. The van der Waals surface area contributed by atoms with Crippen molar-refractivity contribution < 1.29 is 23.7 Å². The molecule has 1 saturated heterocycles. The third-order valence-corrected chi connectivity index (χ3v) is 9.41. The Morgan fingerprint density at radius 2 is 1.66 bits per heavy atom. The number of carbonyl (C=O) groups excluding carboxylic acids is 3. The Balaban J connectivity index is 1.58. The molecule has 3 saturated carbocycles. The predicted molar refractivity (Wildman–Crippen MR) is 150 cm³/mol. The molecule has 0 radical (unpaired) electrons. The number of unbranched alkanes of at least 4 members (excludes halogenated alkanes) is 6. The topological polar surface area (TPSA) is 120 Å². The van der Waals surface area contributed by atoms with Crippen molar-refractivity contribution in [3.63, 3.8) is 0 Å². The van der Waals surface area contributed by atoms with Crippen LogP contribution < -0.4 is 16.4 Å². The molecule has 3 aliphatic carbocycles. The zero-order valence-corrected chi connectivity index (χ0v) is 24.6. The van der Waals surface area contributed by atoms with Gasteiger partial charge in [0.15, 0.2) is 0 Å². The first-order valence-electron chi connectivity index (χ1n) is 15.1. The minimum absolute atomic E-state index is 0.0129. The fourth-order valence-electron chi connectivity index (χ4n) is 7.02. The van der Waals surface area contributed by atoms with Crippen molar-refractivity contribution in [1.29, 1.82) is 0 Å². The lowest BCUT2D eigenvalue weighted by Crippen LogP contribution is -2.65. The largest absolute Gasteiger partial charge is 0.481 e. The summed E-state index contributed by atoms with van der Waals surface area (Å²) >= 11 is 0. The number of primary amides is 1. The summed E-state index contributed by atoms with van der Waals surface area (Å²) in [5.41, 5.74) is 5.30. The van der Waals surface area contributed by atoms with E-state index in [1.165, 1.54) is 25.7 Å². The highest BCUT2D eigenvalue weighted by molar-refractivity contribution is 6.48. The second kappa shape index (κ2) is 13.2. The molecule has 9 heteroatoms. The zero-order valence-electron chi connectivity index (χ0n) is 24.6. The van der Waals surface area contributed by atoms with Crippen molar-refractivity contribution in [3.8, 4) is 0 Å². The maximum absolute atomic E-state index is 13.4. The van der Waals surface area contributed by atoms with Gasteiger partial charge in [-0.2, -0.15) is 0 Å². The fraction of sp³-hybridized carbons (Fsp3) is 0.897. The first-order valence-corrected chi connectivity index (χ1v) is 15.1. The van der Waals surface area contributed by atoms with E-state index in [1.54, 1.807) is 0 Å². The molecule has 1 heterocycles. The van der Waals surface area contributed by atoms with Crippen LogP contribution in [0.1, 0.15) is 119 Å². The molecular formula is C29H52BN3O5. The Hall–Kier alpha value is -1.61. The lowest BCUT2D eigenvalue weighted by atomic mass is 9.43.